The molecule has 0 aromatic rings. The Morgan fingerprint density at radius 2 is 1.72 bits per heavy atom. The van der Waals surface area contributed by atoms with Gasteiger partial charge in [0.25, 0.3) is 0 Å². The van der Waals surface area contributed by atoms with E-state index < -0.39 is 6.10 Å². The molecule has 0 saturated heterocycles. The van der Waals surface area contributed by atoms with Gasteiger partial charge in [0.1, 0.15) is 0 Å². The maximum atomic E-state index is 12.7. The molecule has 0 heterocycles. The first kappa shape index (κ1) is 24.3. The zero-order valence-corrected chi connectivity index (χ0v) is 21.6. The van der Waals surface area contributed by atoms with E-state index >= 15 is 0 Å². The maximum absolute atomic E-state index is 12.7. The molecule has 0 N–H and O–H groups in total. The molecule has 182 valence electrons. The van der Waals surface area contributed by atoms with Crippen molar-refractivity contribution in [2.24, 2.45) is 52.3 Å². The molecular formula is C29H48O3. The quantitative estimate of drug-likeness (QED) is 0.406. The summed E-state index contributed by atoms with van der Waals surface area (Å²) in [6.45, 7) is 13.8. The minimum absolute atomic E-state index is 0.152. The summed E-state index contributed by atoms with van der Waals surface area (Å²) in [6, 6.07) is 0. The van der Waals surface area contributed by atoms with Crippen molar-refractivity contribution in [3.8, 4) is 0 Å². The number of hydrogen-bond acceptors (Lipinski definition) is 3. The van der Waals surface area contributed by atoms with Crippen LogP contribution in [0.15, 0.2) is 0 Å². The second-order valence-electron chi connectivity index (χ2n) is 13.2. The number of carbonyl (C=O) groups is 2. The molecule has 4 fully saturated rings. The Balaban J connectivity index is 1.49. The Morgan fingerprint density at radius 1 is 1.00 bits per heavy atom. The van der Waals surface area contributed by atoms with Crippen molar-refractivity contribution in [3.05, 3.63) is 0 Å². The van der Waals surface area contributed by atoms with Gasteiger partial charge in [-0.25, -0.2) is 0 Å². The van der Waals surface area contributed by atoms with Crippen molar-refractivity contribution in [1.29, 1.82) is 0 Å². The van der Waals surface area contributed by atoms with Crippen LogP contribution in [-0.4, -0.2) is 17.9 Å². The van der Waals surface area contributed by atoms with E-state index in [1.807, 2.05) is 0 Å². The molecule has 0 aromatic heterocycles. The lowest BCUT2D eigenvalue weighted by atomic mass is 9.44. The molecule has 32 heavy (non-hydrogen) atoms. The SMILES string of the molecule is CC(=O)O[C@@H]1C[C@@]2(C)[C@@H](CC[C@H]3[C@H]4CC[C@H]([C@H](C)CCCC(C)C)[C@]4(C)CC[C@H]32)CC1=O. The summed E-state index contributed by atoms with van der Waals surface area (Å²) in [5, 5.41) is 0. The minimum Gasteiger partial charge on any atom is -0.455 e. The topological polar surface area (TPSA) is 43.4 Å². The van der Waals surface area contributed by atoms with Crippen molar-refractivity contribution >= 4 is 11.8 Å². The summed E-state index contributed by atoms with van der Waals surface area (Å²) in [5.74, 6) is 5.23. The van der Waals surface area contributed by atoms with Gasteiger partial charge < -0.3 is 4.74 Å². The van der Waals surface area contributed by atoms with Gasteiger partial charge in [-0.15, -0.1) is 0 Å². The molecule has 0 bridgehead atoms. The molecule has 0 spiro atoms. The zero-order chi connectivity index (χ0) is 23.3. The standard InChI is InChI=1S/C29H48O3/c1-18(2)8-7-9-19(3)23-12-13-24-22-11-10-21-16-26(31)27(32-20(4)30)17-29(21,6)25(22)14-15-28(23,24)5/h18-19,21-25,27H,7-17H2,1-6H3/t19-,21+,22+,23-,24-,25-,27-,28+,29+/m1/s1. The first-order valence-electron chi connectivity index (χ1n) is 13.8. The molecule has 4 rings (SSSR count). The maximum Gasteiger partial charge on any atom is 0.303 e. The summed E-state index contributed by atoms with van der Waals surface area (Å²) >= 11 is 0. The first-order valence-corrected chi connectivity index (χ1v) is 13.8. The van der Waals surface area contributed by atoms with Crippen molar-refractivity contribution in [2.45, 2.75) is 118 Å². The van der Waals surface area contributed by atoms with E-state index in [4.69, 9.17) is 4.74 Å². The normalized spacial score (nSPS) is 44.5. The second-order valence-corrected chi connectivity index (χ2v) is 13.2. The highest BCUT2D eigenvalue weighted by atomic mass is 16.5. The molecule has 0 radical (unpaired) electrons. The Kier molecular flexibility index (Phi) is 6.87. The number of carbonyl (C=O) groups excluding carboxylic acids is 2. The van der Waals surface area contributed by atoms with Crippen LogP contribution in [0.2, 0.25) is 0 Å². The lowest BCUT2D eigenvalue weighted by molar-refractivity contribution is -0.171. The van der Waals surface area contributed by atoms with Gasteiger partial charge in [0, 0.05) is 13.3 Å². The molecule has 4 aliphatic rings. The molecule has 9 atom stereocenters. The summed E-state index contributed by atoms with van der Waals surface area (Å²) in [4.78, 5) is 24.3. The van der Waals surface area contributed by atoms with E-state index in [0.717, 1.165) is 36.0 Å². The van der Waals surface area contributed by atoms with Gasteiger partial charge in [-0.2, -0.15) is 0 Å². The molecular weight excluding hydrogens is 396 g/mol. The van der Waals surface area contributed by atoms with Crippen molar-refractivity contribution in [1.82, 2.24) is 0 Å². The average molecular weight is 445 g/mol. The van der Waals surface area contributed by atoms with E-state index in [1.165, 1.54) is 64.7 Å². The van der Waals surface area contributed by atoms with Crippen LogP contribution in [0.5, 0.6) is 0 Å². The van der Waals surface area contributed by atoms with Crippen molar-refractivity contribution in [2.75, 3.05) is 0 Å². The molecule has 3 nitrogen and oxygen atoms in total. The summed E-state index contributed by atoms with van der Waals surface area (Å²) < 4.78 is 5.52. The highest BCUT2D eigenvalue weighted by Gasteiger charge is 2.61. The number of rotatable bonds is 6. The van der Waals surface area contributed by atoms with Crippen LogP contribution in [0.25, 0.3) is 0 Å². The van der Waals surface area contributed by atoms with Crippen LogP contribution in [0.4, 0.5) is 0 Å². The number of ketones is 1. The van der Waals surface area contributed by atoms with E-state index in [0.29, 0.717) is 23.7 Å². The fourth-order valence-corrected chi connectivity index (χ4v) is 9.41. The van der Waals surface area contributed by atoms with Crippen LogP contribution in [-0.2, 0) is 14.3 Å². The van der Waals surface area contributed by atoms with E-state index in [9.17, 15) is 9.59 Å². The molecule has 0 amide bonds. The molecule has 0 aliphatic heterocycles. The van der Waals surface area contributed by atoms with E-state index in [-0.39, 0.29) is 17.2 Å². The Hall–Kier alpha value is -0.860. The van der Waals surface area contributed by atoms with Gasteiger partial charge in [-0.1, -0.05) is 53.9 Å². The third-order valence-electron chi connectivity index (χ3n) is 11.0. The van der Waals surface area contributed by atoms with Crippen LogP contribution < -0.4 is 0 Å². The Morgan fingerprint density at radius 3 is 2.41 bits per heavy atom. The largest absolute Gasteiger partial charge is 0.455 e. The fraction of sp³-hybridized carbons (Fsp3) is 0.931. The molecule has 4 saturated carbocycles. The molecule has 0 aromatic carbocycles. The predicted octanol–water partition coefficient (Wildman–Crippen LogP) is 7.22. The number of ether oxygens (including phenoxy) is 1. The summed E-state index contributed by atoms with van der Waals surface area (Å²) in [5.41, 5.74) is 0.653. The van der Waals surface area contributed by atoms with E-state index in [2.05, 4.69) is 34.6 Å². The highest BCUT2D eigenvalue weighted by Crippen LogP contribution is 2.68. The third-order valence-corrected chi connectivity index (χ3v) is 11.0. The Labute approximate surface area is 196 Å². The second kappa shape index (κ2) is 9.06. The monoisotopic (exact) mass is 444 g/mol. The van der Waals surface area contributed by atoms with Crippen LogP contribution in [0, 0.1) is 52.3 Å². The van der Waals surface area contributed by atoms with Crippen LogP contribution in [0.1, 0.15) is 112 Å². The summed E-state index contributed by atoms with van der Waals surface area (Å²) in [6.07, 6.45) is 13.0. The van der Waals surface area contributed by atoms with Crippen LogP contribution in [0.3, 0.4) is 0 Å². The number of hydrogen-bond donors (Lipinski definition) is 0. The number of fused-ring (bicyclic) bond motifs is 5. The first-order chi connectivity index (χ1) is 15.1. The van der Waals surface area contributed by atoms with Gasteiger partial charge >= 0.3 is 5.97 Å². The minimum atomic E-state index is -0.502. The van der Waals surface area contributed by atoms with Gasteiger partial charge in [-0.05, 0) is 97.2 Å². The molecule has 4 aliphatic carbocycles. The van der Waals surface area contributed by atoms with E-state index in [1.54, 1.807) is 0 Å². The lowest BCUT2D eigenvalue weighted by Crippen LogP contribution is -2.56. The lowest BCUT2D eigenvalue weighted by Gasteiger charge is -2.61. The zero-order valence-electron chi connectivity index (χ0n) is 21.6. The molecule has 0 unspecified atom stereocenters. The number of esters is 1. The van der Waals surface area contributed by atoms with Crippen molar-refractivity contribution in [3.63, 3.8) is 0 Å². The van der Waals surface area contributed by atoms with Gasteiger partial charge in [-0.3, -0.25) is 9.59 Å². The third kappa shape index (κ3) is 4.20. The smallest absolute Gasteiger partial charge is 0.303 e. The average Bonchev–Trinajstić information content (AvgIpc) is 3.05. The molecule has 3 heteroatoms. The van der Waals surface area contributed by atoms with Gasteiger partial charge in [0.2, 0.25) is 0 Å². The Bertz CT molecular complexity index is 713. The van der Waals surface area contributed by atoms with Crippen molar-refractivity contribution < 1.29 is 14.3 Å². The number of Topliss-reactive ketones (excluding diaryl/α,β-unsaturated/α-hetero) is 1. The highest BCUT2D eigenvalue weighted by molar-refractivity contribution is 5.86. The summed E-state index contributed by atoms with van der Waals surface area (Å²) in [7, 11) is 0. The van der Waals surface area contributed by atoms with Gasteiger partial charge in [0.05, 0.1) is 0 Å². The van der Waals surface area contributed by atoms with Gasteiger partial charge in [0.15, 0.2) is 11.9 Å². The van der Waals surface area contributed by atoms with Crippen LogP contribution >= 0.6 is 0 Å². The fourth-order valence-electron chi connectivity index (χ4n) is 9.41. The predicted molar refractivity (Wildman–Crippen MR) is 129 cm³/mol.